The molecule has 0 saturated carbocycles. The molecule has 2 heterocycles. The molecular formula is C13H22N2O3S2. The van der Waals surface area contributed by atoms with Gasteiger partial charge in [0.2, 0.25) is 10.0 Å². The summed E-state index contributed by atoms with van der Waals surface area (Å²) in [5.74, 6) is 0.594. The maximum absolute atomic E-state index is 12.6. The summed E-state index contributed by atoms with van der Waals surface area (Å²) in [5.41, 5.74) is 0. The van der Waals surface area contributed by atoms with Gasteiger partial charge < -0.3 is 10.0 Å². The largest absolute Gasteiger partial charge is 0.391 e. The second-order valence-electron chi connectivity index (χ2n) is 5.46. The van der Waals surface area contributed by atoms with E-state index in [0.717, 1.165) is 19.6 Å². The fourth-order valence-corrected chi connectivity index (χ4v) is 5.17. The number of aliphatic hydroxyl groups excluding tert-OH is 1. The van der Waals surface area contributed by atoms with E-state index in [4.69, 9.17) is 0 Å². The van der Waals surface area contributed by atoms with Crippen molar-refractivity contribution in [1.29, 1.82) is 0 Å². The van der Waals surface area contributed by atoms with Crippen molar-refractivity contribution in [1.82, 2.24) is 9.21 Å². The molecule has 0 atom stereocenters. The van der Waals surface area contributed by atoms with Gasteiger partial charge >= 0.3 is 0 Å². The van der Waals surface area contributed by atoms with Crippen molar-refractivity contribution in [3.8, 4) is 0 Å². The smallest absolute Gasteiger partial charge is 0.244 e. The van der Waals surface area contributed by atoms with Crippen molar-refractivity contribution >= 4 is 21.4 Å². The van der Waals surface area contributed by atoms with E-state index in [9.17, 15) is 13.5 Å². The molecule has 1 saturated heterocycles. The number of thiophene rings is 1. The van der Waals surface area contributed by atoms with Crippen LogP contribution in [0.3, 0.4) is 0 Å². The van der Waals surface area contributed by atoms with Gasteiger partial charge in [-0.1, -0.05) is 13.8 Å². The minimum atomic E-state index is -3.46. The number of hydrogen-bond acceptors (Lipinski definition) is 5. The van der Waals surface area contributed by atoms with Crippen molar-refractivity contribution < 1.29 is 13.5 Å². The molecule has 5 nitrogen and oxygen atoms in total. The molecule has 7 heteroatoms. The van der Waals surface area contributed by atoms with Gasteiger partial charge in [-0.25, -0.2) is 8.42 Å². The quantitative estimate of drug-likeness (QED) is 0.886. The summed E-state index contributed by atoms with van der Waals surface area (Å²) < 4.78 is 26.7. The summed E-state index contributed by atoms with van der Waals surface area (Å²) >= 11 is 1.28. The Balaban J connectivity index is 2.06. The van der Waals surface area contributed by atoms with Crippen LogP contribution in [0.1, 0.15) is 18.7 Å². The van der Waals surface area contributed by atoms with Crippen LogP contribution in [0.2, 0.25) is 0 Å². The van der Waals surface area contributed by atoms with Crippen LogP contribution in [0.5, 0.6) is 0 Å². The normalized spacial score (nSPS) is 18.8. The minimum Gasteiger partial charge on any atom is -0.391 e. The molecule has 0 amide bonds. The van der Waals surface area contributed by atoms with E-state index < -0.39 is 10.0 Å². The summed E-state index contributed by atoms with van der Waals surface area (Å²) in [7, 11) is -3.46. The second-order valence-corrected chi connectivity index (χ2v) is 8.37. The molecule has 0 aliphatic carbocycles. The summed E-state index contributed by atoms with van der Waals surface area (Å²) in [6.07, 6.45) is 0. The highest BCUT2D eigenvalue weighted by atomic mass is 32.2. The van der Waals surface area contributed by atoms with Gasteiger partial charge in [0.1, 0.15) is 0 Å². The zero-order chi connectivity index (χ0) is 14.8. The predicted octanol–water partition coefficient (Wildman–Crippen LogP) is 1.20. The first-order chi connectivity index (χ1) is 9.45. The van der Waals surface area contributed by atoms with E-state index in [1.807, 2.05) is 0 Å². The number of aliphatic hydroxyl groups is 1. The van der Waals surface area contributed by atoms with E-state index >= 15 is 0 Å². The van der Waals surface area contributed by atoms with E-state index in [1.54, 1.807) is 11.4 Å². The molecule has 1 fully saturated rings. The van der Waals surface area contributed by atoms with Crippen molar-refractivity contribution in [2.45, 2.75) is 25.3 Å². The van der Waals surface area contributed by atoms with E-state index in [1.165, 1.54) is 15.6 Å². The Morgan fingerprint density at radius 2 is 1.95 bits per heavy atom. The first kappa shape index (κ1) is 15.9. The molecule has 20 heavy (non-hydrogen) atoms. The lowest BCUT2D eigenvalue weighted by molar-refractivity contribution is 0.172. The highest BCUT2D eigenvalue weighted by molar-refractivity contribution is 7.89. The lowest BCUT2D eigenvalue weighted by Crippen LogP contribution is -2.49. The molecule has 0 spiro atoms. The first-order valence-corrected chi connectivity index (χ1v) is 9.17. The number of nitrogens with zero attached hydrogens (tertiary/aromatic N) is 2. The second kappa shape index (κ2) is 6.53. The molecule has 1 N–H and O–H groups in total. The van der Waals surface area contributed by atoms with Crippen LogP contribution >= 0.6 is 11.3 Å². The fourth-order valence-electron chi connectivity index (χ4n) is 2.48. The summed E-state index contributed by atoms with van der Waals surface area (Å²) in [6, 6.07) is 1.59. The molecule has 114 valence electrons. The Kier molecular flexibility index (Phi) is 5.19. The highest BCUT2D eigenvalue weighted by Crippen LogP contribution is 2.26. The molecular weight excluding hydrogens is 296 g/mol. The lowest BCUT2D eigenvalue weighted by atomic mass is 10.2. The zero-order valence-corrected chi connectivity index (χ0v) is 13.6. The van der Waals surface area contributed by atoms with Gasteiger partial charge in [0.15, 0.2) is 0 Å². The summed E-state index contributed by atoms with van der Waals surface area (Å²) in [6.45, 7) is 7.72. The van der Waals surface area contributed by atoms with Crippen molar-refractivity contribution in [3.63, 3.8) is 0 Å². The van der Waals surface area contributed by atoms with Crippen LogP contribution in [0.15, 0.2) is 16.3 Å². The fraction of sp³-hybridized carbons (Fsp3) is 0.692. The van der Waals surface area contributed by atoms with Gasteiger partial charge in [0.25, 0.3) is 0 Å². The third-order valence-electron chi connectivity index (χ3n) is 3.42. The van der Waals surface area contributed by atoms with Crippen LogP contribution in [-0.2, 0) is 16.6 Å². The highest BCUT2D eigenvalue weighted by Gasteiger charge is 2.30. The SMILES string of the molecule is CC(C)CN1CCN(S(=O)(=O)c2ccsc2CO)CC1. The molecule has 1 aliphatic rings. The maximum Gasteiger partial charge on any atom is 0.244 e. The van der Waals surface area contributed by atoms with Gasteiger partial charge in [0, 0.05) is 37.6 Å². The molecule has 1 aromatic rings. The lowest BCUT2D eigenvalue weighted by Gasteiger charge is -2.34. The third-order valence-corrected chi connectivity index (χ3v) is 6.44. The maximum atomic E-state index is 12.6. The average Bonchev–Trinajstić information content (AvgIpc) is 2.87. The van der Waals surface area contributed by atoms with E-state index in [2.05, 4.69) is 18.7 Å². The molecule has 0 aromatic carbocycles. The Labute approximate surface area is 124 Å². The summed E-state index contributed by atoms with van der Waals surface area (Å²) in [5, 5.41) is 10.9. The Hall–Kier alpha value is -0.470. The van der Waals surface area contributed by atoms with Crippen LogP contribution in [0, 0.1) is 5.92 Å². The van der Waals surface area contributed by atoms with Crippen LogP contribution < -0.4 is 0 Å². The Morgan fingerprint density at radius 3 is 2.50 bits per heavy atom. The van der Waals surface area contributed by atoms with Gasteiger partial charge in [-0.2, -0.15) is 4.31 Å². The monoisotopic (exact) mass is 318 g/mol. The molecule has 0 bridgehead atoms. The first-order valence-electron chi connectivity index (χ1n) is 6.85. The number of rotatable bonds is 5. The van der Waals surface area contributed by atoms with E-state index in [-0.39, 0.29) is 11.5 Å². The molecule has 2 rings (SSSR count). The van der Waals surface area contributed by atoms with Gasteiger partial charge in [-0.15, -0.1) is 11.3 Å². The summed E-state index contributed by atoms with van der Waals surface area (Å²) in [4.78, 5) is 3.09. The van der Waals surface area contributed by atoms with Crippen molar-refractivity contribution in [3.05, 3.63) is 16.3 Å². The van der Waals surface area contributed by atoms with Crippen molar-refractivity contribution in [2.24, 2.45) is 5.92 Å². The number of piperazine rings is 1. The Bertz CT molecular complexity index is 532. The zero-order valence-electron chi connectivity index (χ0n) is 11.9. The molecule has 1 aliphatic heterocycles. The van der Waals surface area contributed by atoms with E-state index in [0.29, 0.717) is 23.9 Å². The van der Waals surface area contributed by atoms with Gasteiger partial charge in [0.05, 0.1) is 11.5 Å². The minimum absolute atomic E-state index is 0.223. The van der Waals surface area contributed by atoms with Gasteiger partial charge in [-0.3, -0.25) is 0 Å². The standard InChI is InChI=1S/C13H22N2O3S2/c1-11(2)9-14-4-6-15(7-5-14)20(17,18)13-3-8-19-12(13)10-16/h3,8,11,16H,4-7,9-10H2,1-2H3. The Morgan fingerprint density at radius 1 is 1.30 bits per heavy atom. The number of hydrogen-bond donors (Lipinski definition) is 1. The molecule has 0 radical (unpaired) electrons. The average molecular weight is 318 g/mol. The predicted molar refractivity (Wildman–Crippen MR) is 80.3 cm³/mol. The van der Waals surface area contributed by atoms with Crippen LogP contribution in [0.4, 0.5) is 0 Å². The number of sulfonamides is 1. The van der Waals surface area contributed by atoms with Crippen molar-refractivity contribution in [2.75, 3.05) is 32.7 Å². The molecule has 0 unspecified atom stereocenters. The van der Waals surface area contributed by atoms with Crippen LogP contribution in [-0.4, -0.2) is 55.5 Å². The third kappa shape index (κ3) is 3.40. The van der Waals surface area contributed by atoms with Crippen LogP contribution in [0.25, 0.3) is 0 Å². The van der Waals surface area contributed by atoms with Gasteiger partial charge in [-0.05, 0) is 17.4 Å². The molecule has 1 aromatic heterocycles. The topological polar surface area (TPSA) is 60.9 Å².